The van der Waals surface area contributed by atoms with Crippen molar-refractivity contribution >= 4 is 11.9 Å². The molecule has 8 nitrogen and oxygen atoms in total. The fraction of sp³-hybridized carbons (Fsp3) is 0.636. The predicted octanol–water partition coefficient (Wildman–Crippen LogP) is -0.344. The van der Waals surface area contributed by atoms with Crippen LogP contribution in [0.25, 0.3) is 0 Å². The minimum absolute atomic E-state index is 0.0191. The Bertz CT molecular complexity index is 517. The van der Waals surface area contributed by atoms with Gasteiger partial charge in [-0.3, -0.25) is 9.89 Å². The van der Waals surface area contributed by atoms with Gasteiger partial charge in [0.15, 0.2) is 5.54 Å². The third-order valence-electron chi connectivity index (χ3n) is 3.45. The molecule has 102 valence electrons. The van der Waals surface area contributed by atoms with Crippen molar-refractivity contribution < 1.29 is 19.4 Å². The van der Waals surface area contributed by atoms with Crippen molar-refractivity contribution in [1.82, 2.24) is 20.5 Å². The Kier molecular flexibility index (Phi) is 2.74. The van der Waals surface area contributed by atoms with Gasteiger partial charge in [0.05, 0.1) is 6.61 Å². The number of hydrogen-bond acceptors (Lipinski definition) is 5. The van der Waals surface area contributed by atoms with E-state index in [1.54, 1.807) is 0 Å². The average Bonchev–Trinajstić information content (AvgIpc) is 2.93. The lowest BCUT2D eigenvalue weighted by atomic mass is 9.99. The lowest BCUT2D eigenvalue weighted by Gasteiger charge is -2.22. The summed E-state index contributed by atoms with van der Waals surface area (Å²) in [5.74, 6) is -0.656. The van der Waals surface area contributed by atoms with E-state index < -0.39 is 17.4 Å². The maximum absolute atomic E-state index is 12.0. The van der Waals surface area contributed by atoms with E-state index in [1.807, 2.05) is 0 Å². The zero-order valence-electron chi connectivity index (χ0n) is 10.2. The number of ether oxygens (including phenoxy) is 1. The number of nitrogens with one attached hydrogen (secondary N) is 2. The minimum atomic E-state index is -1.36. The molecule has 0 radical (unpaired) electrons. The van der Waals surface area contributed by atoms with Gasteiger partial charge in [-0.1, -0.05) is 0 Å². The van der Waals surface area contributed by atoms with Crippen LogP contribution in [-0.4, -0.2) is 50.9 Å². The number of aromatic amines is 1. The molecule has 2 fully saturated rings. The van der Waals surface area contributed by atoms with Crippen LogP contribution < -0.4 is 5.32 Å². The summed E-state index contributed by atoms with van der Waals surface area (Å²) in [6.45, 7) is 0.280. The minimum Gasteiger partial charge on any atom is -0.479 e. The smallest absolute Gasteiger partial charge is 0.331 e. The van der Waals surface area contributed by atoms with Gasteiger partial charge in [-0.05, 0) is 12.8 Å². The second kappa shape index (κ2) is 4.30. The highest BCUT2D eigenvalue weighted by molar-refractivity contribution is 5.95. The summed E-state index contributed by atoms with van der Waals surface area (Å²) in [5, 5.41) is 18.2. The molecule has 1 aliphatic heterocycles. The van der Waals surface area contributed by atoms with E-state index in [4.69, 9.17) is 4.74 Å². The topological polar surface area (TPSA) is 117 Å². The normalized spacial score (nSPS) is 26.3. The molecule has 0 bridgehead atoms. The molecule has 1 unspecified atom stereocenters. The van der Waals surface area contributed by atoms with Gasteiger partial charge < -0.3 is 15.2 Å². The largest absolute Gasteiger partial charge is 0.479 e. The highest BCUT2D eigenvalue weighted by atomic mass is 16.5. The van der Waals surface area contributed by atoms with Crippen molar-refractivity contribution in [1.29, 1.82) is 0 Å². The van der Waals surface area contributed by atoms with Crippen LogP contribution in [0, 0.1) is 0 Å². The summed E-state index contributed by atoms with van der Waals surface area (Å²) in [6, 6.07) is 0. The summed E-state index contributed by atoms with van der Waals surface area (Å²) in [4.78, 5) is 27.4. The number of hydrogen-bond donors (Lipinski definition) is 3. The third kappa shape index (κ3) is 2.19. The zero-order chi connectivity index (χ0) is 13.5. The maximum Gasteiger partial charge on any atom is 0.331 e. The van der Waals surface area contributed by atoms with Gasteiger partial charge in [0, 0.05) is 18.9 Å². The number of H-pyrrole nitrogens is 1. The number of rotatable bonds is 4. The Hall–Kier alpha value is -1.96. The Morgan fingerprint density at radius 3 is 2.84 bits per heavy atom. The Morgan fingerprint density at radius 1 is 1.47 bits per heavy atom. The zero-order valence-corrected chi connectivity index (χ0v) is 10.2. The maximum atomic E-state index is 12.0. The molecule has 2 aliphatic rings. The molecule has 19 heavy (non-hydrogen) atoms. The third-order valence-corrected chi connectivity index (χ3v) is 3.45. The van der Waals surface area contributed by atoms with Crippen molar-refractivity contribution in [3.05, 3.63) is 11.6 Å². The molecular formula is C11H14N4O4. The van der Waals surface area contributed by atoms with E-state index >= 15 is 0 Å². The van der Waals surface area contributed by atoms with Crippen molar-refractivity contribution in [2.75, 3.05) is 13.2 Å². The van der Waals surface area contributed by atoms with E-state index in [-0.39, 0.29) is 18.9 Å². The highest BCUT2D eigenvalue weighted by Gasteiger charge is 2.44. The summed E-state index contributed by atoms with van der Waals surface area (Å²) in [6.07, 6.45) is 2.33. The van der Waals surface area contributed by atoms with Crippen LogP contribution in [0.2, 0.25) is 0 Å². The molecule has 0 aromatic carbocycles. The van der Waals surface area contributed by atoms with Crippen molar-refractivity contribution in [3.63, 3.8) is 0 Å². The van der Waals surface area contributed by atoms with Crippen molar-refractivity contribution in [2.45, 2.75) is 30.7 Å². The molecule has 1 aromatic rings. The molecule has 0 spiro atoms. The molecule has 1 saturated carbocycles. The number of aromatic nitrogens is 3. The fourth-order valence-corrected chi connectivity index (χ4v) is 2.07. The first-order valence-electron chi connectivity index (χ1n) is 6.17. The van der Waals surface area contributed by atoms with Gasteiger partial charge in [-0.2, -0.15) is 0 Å². The van der Waals surface area contributed by atoms with Gasteiger partial charge in [0.25, 0.3) is 5.91 Å². The van der Waals surface area contributed by atoms with E-state index in [2.05, 4.69) is 20.5 Å². The van der Waals surface area contributed by atoms with E-state index in [1.165, 1.54) is 0 Å². The van der Waals surface area contributed by atoms with Gasteiger partial charge >= 0.3 is 5.97 Å². The first-order valence-corrected chi connectivity index (χ1v) is 6.17. The standard InChI is InChI=1S/C11H14N4O4/c16-9(8-12-7(14-15-8)6-1-2-6)13-11(10(17)18)3-4-19-5-11/h6H,1-5H2,(H,13,16)(H,17,18)(H,12,14,15). The molecule has 1 amide bonds. The van der Waals surface area contributed by atoms with Crippen LogP contribution in [0.1, 0.15) is 41.6 Å². The number of carbonyl (C=O) groups excluding carboxylic acids is 1. The van der Waals surface area contributed by atoms with Crippen LogP contribution in [0.3, 0.4) is 0 Å². The highest BCUT2D eigenvalue weighted by Crippen LogP contribution is 2.37. The van der Waals surface area contributed by atoms with Crippen molar-refractivity contribution in [3.8, 4) is 0 Å². The van der Waals surface area contributed by atoms with Crippen LogP contribution >= 0.6 is 0 Å². The number of amides is 1. The second-order valence-corrected chi connectivity index (χ2v) is 4.96. The Balaban J connectivity index is 1.73. The van der Waals surface area contributed by atoms with Gasteiger partial charge in [0.2, 0.25) is 5.82 Å². The summed E-state index contributed by atoms with van der Waals surface area (Å²) >= 11 is 0. The SMILES string of the molecule is O=C(NC1(C(=O)O)CCOC1)c1n[nH]c(C2CC2)n1. The molecule has 1 atom stereocenters. The average molecular weight is 266 g/mol. The quantitative estimate of drug-likeness (QED) is 0.686. The van der Waals surface area contributed by atoms with E-state index in [0.717, 1.165) is 12.8 Å². The lowest BCUT2D eigenvalue weighted by Crippen LogP contribution is -2.55. The van der Waals surface area contributed by atoms with Gasteiger partial charge in [-0.25, -0.2) is 9.78 Å². The summed E-state index contributed by atoms with van der Waals surface area (Å²) in [5.41, 5.74) is -1.36. The Morgan fingerprint density at radius 2 is 2.26 bits per heavy atom. The Labute approximate surface area is 108 Å². The molecule has 2 heterocycles. The van der Waals surface area contributed by atoms with E-state index in [0.29, 0.717) is 18.3 Å². The van der Waals surface area contributed by atoms with Gasteiger partial charge in [0.1, 0.15) is 5.82 Å². The van der Waals surface area contributed by atoms with Gasteiger partial charge in [-0.15, -0.1) is 5.10 Å². The number of carbonyl (C=O) groups is 2. The molecule has 3 N–H and O–H groups in total. The van der Waals surface area contributed by atoms with Crippen LogP contribution in [0.15, 0.2) is 0 Å². The van der Waals surface area contributed by atoms with Crippen LogP contribution in [0.5, 0.6) is 0 Å². The molecule has 3 rings (SSSR count). The fourth-order valence-electron chi connectivity index (χ4n) is 2.07. The first kappa shape index (κ1) is 12.1. The first-order chi connectivity index (χ1) is 9.11. The van der Waals surface area contributed by atoms with Crippen LogP contribution in [-0.2, 0) is 9.53 Å². The second-order valence-electron chi connectivity index (χ2n) is 4.96. The molecule has 1 aliphatic carbocycles. The summed E-state index contributed by atoms with van der Waals surface area (Å²) in [7, 11) is 0. The number of aliphatic carboxylic acids is 1. The molecule has 8 heteroatoms. The summed E-state index contributed by atoms with van der Waals surface area (Å²) < 4.78 is 5.07. The van der Waals surface area contributed by atoms with E-state index in [9.17, 15) is 14.7 Å². The number of carboxylic acid groups (broad SMARTS) is 1. The number of nitrogens with zero attached hydrogens (tertiary/aromatic N) is 2. The molecule has 1 aromatic heterocycles. The van der Waals surface area contributed by atoms with Crippen molar-refractivity contribution in [2.24, 2.45) is 0 Å². The predicted molar refractivity (Wildman–Crippen MR) is 61.6 cm³/mol. The molecular weight excluding hydrogens is 252 g/mol. The lowest BCUT2D eigenvalue weighted by molar-refractivity contribution is -0.144. The molecule has 1 saturated heterocycles. The number of carboxylic acids is 1. The monoisotopic (exact) mass is 266 g/mol. The van der Waals surface area contributed by atoms with Crippen LogP contribution in [0.4, 0.5) is 0 Å².